The van der Waals surface area contributed by atoms with Crippen LogP contribution in [0.25, 0.3) is 0 Å². The minimum atomic E-state index is -1.03. The van der Waals surface area contributed by atoms with E-state index in [1.54, 1.807) is 0 Å². The zero-order valence-electron chi connectivity index (χ0n) is 47.5. The fourth-order valence-corrected chi connectivity index (χ4v) is 10.7. The van der Waals surface area contributed by atoms with Gasteiger partial charge < -0.3 is 61.9 Å². The minimum absolute atomic E-state index is 0.00493. The Hall–Kier alpha value is -7.01. The van der Waals surface area contributed by atoms with Gasteiger partial charge in [-0.25, -0.2) is 19.2 Å². The largest absolute Gasteiger partial charge is 0.465 e. The number of aliphatic hydroxyl groups is 1. The Balaban J connectivity index is 0.894. The molecule has 2 aromatic rings. The summed E-state index contributed by atoms with van der Waals surface area (Å²) in [6.07, 6.45) is 10.1. The van der Waals surface area contributed by atoms with Gasteiger partial charge in [-0.3, -0.25) is 24.0 Å². The molecule has 3 unspecified atom stereocenters. The monoisotopic (exact) mass is 1170 g/mol. The highest BCUT2D eigenvalue weighted by Gasteiger charge is 2.37. The molecule has 2 aromatic carbocycles. The van der Waals surface area contributed by atoms with Crippen LogP contribution in [0, 0.1) is 35.5 Å². The van der Waals surface area contributed by atoms with Crippen LogP contribution in [0.1, 0.15) is 149 Å². The standard InChI is InChI=1S/C62H78O22/c1-3-53(63)75-29-5-7-31-77-55(65)39-13-17-43(18-14-39)59(69)83-51-27-25-45(35-49(51)61(71)79-37-47-11-9-33-73-47)81-57(67)41-21-23-42(24-22-41)58(68)82-46-26-28-52(50(36-46)62(72)80-38-48-12-10-34-74-48)84-60(70)44-19-15-40(16-20-44)56(66)78-32-8-6-30-76-54(64)4-2/h3-4,25-28,35-36,39-44,47-48,55,65H,1-2,5-24,29-34,37-38H2. The third-order valence-corrected chi connectivity index (χ3v) is 15.8. The Kier molecular flexibility index (Phi) is 25.7. The number of esters is 9. The molecule has 0 spiro atoms. The molecule has 0 amide bonds. The zero-order valence-corrected chi connectivity index (χ0v) is 47.5. The van der Waals surface area contributed by atoms with E-state index in [4.69, 9.17) is 56.8 Å². The fourth-order valence-electron chi connectivity index (χ4n) is 10.7. The third kappa shape index (κ3) is 20.1. The van der Waals surface area contributed by atoms with E-state index in [9.17, 15) is 48.3 Å². The molecule has 0 bridgehead atoms. The lowest BCUT2D eigenvalue weighted by molar-refractivity contribution is -0.152. The number of hydrogen-bond donors (Lipinski definition) is 1. The van der Waals surface area contributed by atoms with E-state index in [1.165, 1.54) is 36.4 Å². The highest BCUT2D eigenvalue weighted by molar-refractivity contribution is 5.95. The van der Waals surface area contributed by atoms with E-state index in [-0.39, 0.29) is 124 Å². The van der Waals surface area contributed by atoms with Crippen molar-refractivity contribution in [2.45, 2.75) is 147 Å². The molecule has 3 saturated carbocycles. The van der Waals surface area contributed by atoms with Crippen molar-refractivity contribution in [3.63, 3.8) is 0 Å². The van der Waals surface area contributed by atoms with E-state index in [2.05, 4.69) is 13.2 Å². The molecule has 3 aliphatic carbocycles. The van der Waals surface area contributed by atoms with Crippen molar-refractivity contribution in [1.82, 2.24) is 0 Å². The lowest BCUT2D eigenvalue weighted by Gasteiger charge is -2.30. The quantitative estimate of drug-likeness (QED) is 0.0201. The van der Waals surface area contributed by atoms with Crippen LogP contribution >= 0.6 is 0 Å². The molecule has 2 saturated heterocycles. The number of hydrogen-bond acceptors (Lipinski definition) is 22. The predicted molar refractivity (Wildman–Crippen MR) is 294 cm³/mol. The number of ether oxygens (including phenoxy) is 12. The van der Waals surface area contributed by atoms with Crippen LogP contribution in [0.2, 0.25) is 0 Å². The van der Waals surface area contributed by atoms with Gasteiger partial charge in [-0.05, 0) is 165 Å². The number of benzene rings is 2. The van der Waals surface area contributed by atoms with Crippen molar-refractivity contribution in [3.8, 4) is 23.0 Å². The first-order valence-electron chi connectivity index (χ1n) is 29.4. The van der Waals surface area contributed by atoms with Gasteiger partial charge in [-0.2, -0.15) is 0 Å². The van der Waals surface area contributed by atoms with Crippen molar-refractivity contribution in [2.24, 2.45) is 35.5 Å². The van der Waals surface area contributed by atoms with Crippen LogP contribution in [0.3, 0.4) is 0 Å². The van der Waals surface area contributed by atoms with Crippen LogP contribution < -0.4 is 18.9 Å². The smallest absolute Gasteiger partial charge is 0.342 e. The molecule has 0 radical (unpaired) electrons. The average Bonchev–Trinajstić information content (AvgIpc) is 4.30. The fraction of sp³-hybridized carbons (Fsp3) is 0.597. The van der Waals surface area contributed by atoms with Crippen molar-refractivity contribution in [3.05, 3.63) is 72.8 Å². The molecular formula is C62H78O22. The molecule has 1 N–H and O–H groups in total. The first-order valence-corrected chi connectivity index (χ1v) is 29.4. The van der Waals surface area contributed by atoms with Gasteiger partial charge in [0, 0.05) is 37.9 Å². The Morgan fingerprint density at radius 2 is 0.833 bits per heavy atom. The molecule has 5 aliphatic rings. The highest BCUT2D eigenvalue weighted by atomic mass is 16.6. The molecule has 458 valence electrons. The number of rotatable bonds is 29. The van der Waals surface area contributed by atoms with Gasteiger partial charge in [0.2, 0.25) is 0 Å². The molecule has 0 aromatic heterocycles. The second-order valence-corrected chi connectivity index (χ2v) is 21.8. The predicted octanol–water partition coefficient (Wildman–Crippen LogP) is 8.00. The first kappa shape index (κ1) is 64.5. The summed E-state index contributed by atoms with van der Waals surface area (Å²) in [7, 11) is 0. The second-order valence-electron chi connectivity index (χ2n) is 21.8. The van der Waals surface area contributed by atoms with Crippen LogP contribution in [0.4, 0.5) is 0 Å². The molecule has 5 fully saturated rings. The van der Waals surface area contributed by atoms with Crippen molar-refractivity contribution < 1.29 is 105 Å². The number of carbonyl (C=O) groups excluding carboxylic acids is 9. The summed E-state index contributed by atoms with van der Waals surface area (Å²) in [4.78, 5) is 117. The van der Waals surface area contributed by atoms with Gasteiger partial charge in [0.05, 0.1) is 61.6 Å². The lowest BCUT2D eigenvalue weighted by Crippen LogP contribution is -2.32. The average molecular weight is 1180 g/mol. The summed E-state index contributed by atoms with van der Waals surface area (Å²) in [5, 5.41) is 10.7. The summed E-state index contributed by atoms with van der Waals surface area (Å²) in [5.41, 5.74) is -0.270. The summed E-state index contributed by atoms with van der Waals surface area (Å²) in [6, 6.07) is 8.13. The van der Waals surface area contributed by atoms with E-state index >= 15 is 0 Å². The topological polar surface area (TPSA) is 285 Å². The van der Waals surface area contributed by atoms with Gasteiger partial charge >= 0.3 is 53.7 Å². The summed E-state index contributed by atoms with van der Waals surface area (Å²) < 4.78 is 66.5. The van der Waals surface area contributed by atoms with Crippen molar-refractivity contribution in [1.29, 1.82) is 0 Å². The maximum Gasteiger partial charge on any atom is 0.342 e. The Labute approximate surface area is 488 Å². The maximum absolute atomic E-state index is 13.6. The zero-order chi connectivity index (χ0) is 59.8. The van der Waals surface area contributed by atoms with Crippen molar-refractivity contribution >= 4 is 53.7 Å². The van der Waals surface area contributed by atoms with Crippen LogP contribution in [0.15, 0.2) is 61.7 Å². The highest BCUT2D eigenvalue weighted by Crippen LogP contribution is 2.37. The number of aliphatic hydroxyl groups excluding tert-OH is 1. The normalized spacial score (nSPS) is 23.3. The van der Waals surface area contributed by atoms with Gasteiger partial charge in [-0.1, -0.05) is 13.2 Å². The van der Waals surface area contributed by atoms with Crippen LogP contribution in [0.5, 0.6) is 23.0 Å². The van der Waals surface area contributed by atoms with Crippen LogP contribution in [-0.4, -0.2) is 130 Å². The molecule has 22 nitrogen and oxygen atoms in total. The maximum atomic E-state index is 13.6. The first-order chi connectivity index (χ1) is 40.7. The van der Waals surface area contributed by atoms with E-state index in [1.807, 2.05) is 0 Å². The summed E-state index contributed by atoms with van der Waals surface area (Å²) in [6.45, 7) is 8.56. The molecule has 84 heavy (non-hydrogen) atoms. The van der Waals surface area contributed by atoms with E-state index in [0.717, 1.165) is 25.0 Å². The number of unbranched alkanes of at least 4 members (excludes halogenated alkanes) is 2. The number of carbonyl (C=O) groups is 9. The lowest BCUT2D eigenvalue weighted by atomic mass is 9.81. The van der Waals surface area contributed by atoms with Gasteiger partial charge in [-0.15, -0.1) is 0 Å². The van der Waals surface area contributed by atoms with Crippen molar-refractivity contribution in [2.75, 3.05) is 52.9 Å². The SMILES string of the molecule is C=CC(=O)OCCCCOC(=O)C1CCC(C(=O)Oc2ccc(OC(=O)C3CCC(C(=O)Oc4ccc(OC(=O)C5CCC(C(O)OCCCCOC(=O)C=C)CC5)c(C(=O)OCC5CCCO5)c4)CC3)cc2C(=O)OCC2CCCO2)CC1. The van der Waals surface area contributed by atoms with Crippen LogP contribution in [-0.2, 0) is 71.5 Å². The Bertz CT molecular complexity index is 2590. The van der Waals surface area contributed by atoms with E-state index in [0.29, 0.717) is 103 Å². The molecular weight excluding hydrogens is 1100 g/mol. The third-order valence-electron chi connectivity index (χ3n) is 15.8. The molecule has 22 heteroatoms. The van der Waals surface area contributed by atoms with Gasteiger partial charge in [0.25, 0.3) is 0 Å². The van der Waals surface area contributed by atoms with Gasteiger partial charge in [0.15, 0.2) is 6.29 Å². The second kappa shape index (κ2) is 33.5. The molecule has 3 atom stereocenters. The molecule has 7 rings (SSSR count). The Morgan fingerprint density at radius 1 is 0.464 bits per heavy atom. The minimum Gasteiger partial charge on any atom is -0.465 e. The van der Waals surface area contributed by atoms with E-state index < -0.39 is 83.6 Å². The molecule has 2 aliphatic heterocycles. The molecule has 2 heterocycles. The van der Waals surface area contributed by atoms with Gasteiger partial charge in [0.1, 0.15) is 47.3 Å². The summed E-state index contributed by atoms with van der Waals surface area (Å²) in [5.74, 6) is -8.42. The Morgan fingerprint density at radius 3 is 1.23 bits per heavy atom. The summed E-state index contributed by atoms with van der Waals surface area (Å²) >= 11 is 0.